The van der Waals surface area contributed by atoms with Gasteiger partial charge >= 0.3 is 12.2 Å². The Bertz CT molecular complexity index is 492. The minimum absolute atomic E-state index is 0.0552. The van der Waals surface area contributed by atoms with E-state index in [2.05, 4.69) is 15.4 Å². The van der Waals surface area contributed by atoms with Gasteiger partial charge in [-0.3, -0.25) is 4.21 Å². The zero-order valence-corrected chi connectivity index (χ0v) is 12.0. The Morgan fingerprint density at radius 3 is 2.43 bits per heavy atom. The highest BCUT2D eigenvalue weighted by molar-refractivity contribution is 7.84. The van der Waals surface area contributed by atoms with Crippen molar-refractivity contribution in [3.63, 3.8) is 0 Å². The summed E-state index contributed by atoms with van der Waals surface area (Å²) in [5, 5.41) is 4.99. The van der Waals surface area contributed by atoms with Crippen molar-refractivity contribution >= 4 is 22.5 Å². The number of carbonyl (C=O) groups is 1. The Kier molecular flexibility index (Phi) is 6.47. The fourth-order valence-electron chi connectivity index (χ4n) is 1.28. The number of nitrogens with one attached hydrogen (secondary N) is 2. The highest BCUT2D eigenvalue weighted by Gasteiger charge is 2.28. The van der Waals surface area contributed by atoms with Crippen LogP contribution in [-0.4, -0.2) is 41.6 Å². The molecule has 0 heterocycles. The van der Waals surface area contributed by atoms with Crippen molar-refractivity contribution in [3.8, 4) is 5.75 Å². The molecule has 0 aliphatic rings. The van der Waals surface area contributed by atoms with Gasteiger partial charge in [0.15, 0.2) is 6.61 Å². The summed E-state index contributed by atoms with van der Waals surface area (Å²) in [6.45, 7) is -1.10. The first-order chi connectivity index (χ1) is 9.76. The standard InChI is InChI=1S/C12H15F3N2O3S/c1-21(19)7-6-16-11(18)17-9-2-4-10(5-3-9)20-8-12(13,14)15/h2-5H,6-8H2,1H3,(H2,16,17,18)/t21-/m1/s1. The van der Waals surface area contributed by atoms with Gasteiger partial charge in [0.05, 0.1) is 0 Å². The van der Waals surface area contributed by atoms with Crippen molar-refractivity contribution in [2.45, 2.75) is 6.18 Å². The minimum atomic E-state index is -4.39. The van der Waals surface area contributed by atoms with Gasteiger partial charge in [0, 0.05) is 35.0 Å². The zero-order chi connectivity index (χ0) is 15.9. The van der Waals surface area contributed by atoms with Gasteiger partial charge in [-0.1, -0.05) is 0 Å². The largest absolute Gasteiger partial charge is 0.484 e. The summed E-state index contributed by atoms with van der Waals surface area (Å²) in [4.78, 5) is 11.4. The highest BCUT2D eigenvalue weighted by atomic mass is 32.2. The predicted octanol–water partition coefficient (Wildman–Crippen LogP) is 2.13. The summed E-state index contributed by atoms with van der Waals surface area (Å²) in [6, 6.07) is 5.00. The molecule has 1 aromatic carbocycles. The topological polar surface area (TPSA) is 67.4 Å². The van der Waals surface area contributed by atoms with E-state index in [0.717, 1.165) is 0 Å². The average Bonchev–Trinajstić information content (AvgIpc) is 2.36. The molecule has 1 rings (SSSR count). The molecule has 0 aromatic heterocycles. The van der Waals surface area contributed by atoms with Gasteiger partial charge in [0.1, 0.15) is 5.75 Å². The second-order valence-corrected chi connectivity index (χ2v) is 5.64. The zero-order valence-electron chi connectivity index (χ0n) is 11.2. The lowest BCUT2D eigenvalue weighted by atomic mass is 10.3. The Labute approximate surface area is 122 Å². The predicted molar refractivity (Wildman–Crippen MR) is 73.9 cm³/mol. The molecule has 1 aromatic rings. The molecule has 0 fully saturated rings. The molecule has 0 saturated carbocycles. The third kappa shape index (κ3) is 8.18. The van der Waals surface area contributed by atoms with Crippen molar-refractivity contribution in [3.05, 3.63) is 24.3 Å². The SMILES string of the molecule is C[S@@](=O)CCNC(=O)Nc1ccc(OCC(F)(F)F)cc1. The van der Waals surface area contributed by atoms with Gasteiger partial charge in [-0.05, 0) is 24.3 Å². The van der Waals surface area contributed by atoms with Crippen LogP contribution in [0.2, 0.25) is 0 Å². The maximum Gasteiger partial charge on any atom is 0.422 e. The molecular formula is C12H15F3N2O3S. The third-order valence-electron chi connectivity index (χ3n) is 2.19. The number of anilines is 1. The van der Waals surface area contributed by atoms with E-state index in [0.29, 0.717) is 11.4 Å². The van der Waals surface area contributed by atoms with E-state index in [1.165, 1.54) is 30.5 Å². The average molecular weight is 324 g/mol. The number of benzene rings is 1. The lowest BCUT2D eigenvalue weighted by Crippen LogP contribution is -2.31. The number of hydrogen-bond donors (Lipinski definition) is 2. The van der Waals surface area contributed by atoms with Crippen LogP contribution < -0.4 is 15.4 Å². The number of amides is 2. The Morgan fingerprint density at radius 2 is 1.90 bits per heavy atom. The summed E-state index contributed by atoms with van der Waals surface area (Å²) < 4.78 is 51.2. The van der Waals surface area contributed by atoms with Gasteiger partial charge < -0.3 is 15.4 Å². The van der Waals surface area contributed by atoms with E-state index < -0.39 is 29.6 Å². The molecule has 0 saturated heterocycles. The number of carbonyl (C=O) groups excluding carboxylic acids is 1. The molecule has 0 bridgehead atoms. The first-order valence-corrected chi connectivity index (χ1v) is 7.63. The molecule has 9 heteroatoms. The van der Waals surface area contributed by atoms with Gasteiger partial charge in [-0.2, -0.15) is 13.2 Å². The van der Waals surface area contributed by atoms with Crippen LogP contribution in [0.3, 0.4) is 0 Å². The number of ether oxygens (including phenoxy) is 1. The summed E-state index contributed by atoms with van der Waals surface area (Å²) in [7, 11) is -0.992. The second-order valence-electron chi connectivity index (χ2n) is 4.09. The maximum atomic E-state index is 12.0. The second kappa shape index (κ2) is 7.87. The van der Waals surface area contributed by atoms with Crippen molar-refractivity contribution in [1.82, 2.24) is 5.32 Å². The number of alkyl halides is 3. The van der Waals surface area contributed by atoms with Gasteiger partial charge in [0.2, 0.25) is 0 Å². The van der Waals surface area contributed by atoms with Crippen LogP contribution in [0, 0.1) is 0 Å². The van der Waals surface area contributed by atoms with Crippen molar-refractivity contribution in [2.24, 2.45) is 0 Å². The quantitative estimate of drug-likeness (QED) is 0.842. The summed E-state index contributed by atoms with van der Waals surface area (Å²) in [6.07, 6.45) is -2.87. The Hall–Kier alpha value is -1.77. The molecule has 0 unspecified atom stereocenters. The number of urea groups is 1. The van der Waals surface area contributed by atoms with Gasteiger partial charge in [0.25, 0.3) is 0 Å². The van der Waals surface area contributed by atoms with Crippen LogP contribution in [0.15, 0.2) is 24.3 Å². The van der Waals surface area contributed by atoms with Crippen LogP contribution in [-0.2, 0) is 10.8 Å². The number of rotatable bonds is 6. The summed E-state index contributed by atoms with van der Waals surface area (Å²) in [5.41, 5.74) is 0.407. The molecule has 0 aliphatic carbocycles. The molecule has 2 amide bonds. The van der Waals surface area contributed by atoms with E-state index in [4.69, 9.17) is 0 Å². The highest BCUT2D eigenvalue weighted by Crippen LogP contribution is 2.20. The molecule has 2 N–H and O–H groups in total. The van der Waals surface area contributed by atoms with E-state index in [1.54, 1.807) is 0 Å². The first kappa shape index (κ1) is 17.3. The maximum absolute atomic E-state index is 12.0. The fraction of sp³-hybridized carbons (Fsp3) is 0.417. The summed E-state index contributed by atoms with van der Waals surface area (Å²) >= 11 is 0. The normalized spacial score (nSPS) is 12.6. The first-order valence-electron chi connectivity index (χ1n) is 5.91. The van der Waals surface area contributed by atoms with Crippen LogP contribution in [0.25, 0.3) is 0 Å². The molecule has 118 valence electrons. The third-order valence-corrected chi connectivity index (χ3v) is 2.97. The van der Waals surface area contributed by atoms with Crippen LogP contribution in [0.1, 0.15) is 0 Å². The van der Waals surface area contributed by atoms with Crippen molar-refractivity contribution in [1.29, 1.82) is 0 Å². The van der Waals surface area contributed by atoms with Crippen molar-refractivity contribution in [2.75, 3.05) is 30.5 Å². The van der Waals surface area contributed by atoms with Gasteiger partial charge in [-0.25, -0.2) is 4.79 Å². The summed E-state index contributed by atoms with van der Waals surface area (Å²) in [5.74, 6) is 0.400. The van der Waals surface area contributed by atoms with Crippen LogP contribution >= 0.6 is 0 Å². The lowest BCUT2D eigenvalue weighted by molar-refractivity contribution is -0.153. The van der Waals surface area contributed by atoms with E-state index in [1.807, 2.05) is 0 Å². The van der Waals surface area contributed by atoms with Crippen molar-refractivity contribution < 1.29 is 26.9 Å². The van der Waals surface area contributed by atoms with E-state index in [-0.39, 0.29) is 12.3 Å². The molecule has 21 heavy (non-hydrogen) atoms. The molecular weight excluding hydrogens is 309 g/mol. The van der Waals surface area contributed by atoms with E-state index >= 15 is 0 Å². The monoisotopic (exact) mass is 324 g/mol. The lowest BCUT2D eigenvalue weighted by Gasteiger charge is -2.10. The Morgan fingerprint density at radius 1 is 1.29 bits per heavy atom. The van der Waals surface area contributed by atoms with E-state index in [9.17, 15) is 22.2 Å². The molecule has 0 spiro atoms. The van der Waals surface area contributed by atoms with Crippen LogP contribution in [0.5, 0.6) is 5.75 Å². The number of halogens is 3. The number of hydrogen-bond acceptors (Lipinski definition) is 3. The van der Waals surface area contributed by atoms with Gasteiger partial charge in [-0.15, -0.1) is 0 Å². The van der Waals surface area contributed by atoms with Crippen LogP contribution in [0.4, 0.5) is 23.7 Å². The smallest absolute Gasteiger partial charge is 0.422 e. The minimum Gasteiger partial charge on any atom is -0.484 e. The molecule has 1 atom stereocenters. The fourth-order valence-corrected chi connectivity index (χ4v) is 1.67. The Balaban J connectivity index is 2.40. The molecule has 0 radical (unpaired) electrons. The molecule has 0 aliphatic heterocycles. The molecule has 5 nitrogen and oxygen atoms in total.